The van der Waals surface area contributed by atoms with Crippen LogP contribution in [0.3, 0.4) is 0 Å². The molecule has 1 saturated heterocycles. The van der Waals surface area contributed by atoms with Gasteiger partial charge in [0.1, 0.15) is 5.82 Å². The fourth-order valence-corrected chi connectivity index (χ4v) is 2.73. The quantitative estimate of drug-likeness (QED) is 0.905. The standard InChI is InChI=1S/C15H20N4O/c1-2-5-14-17-12-6-3-4-7-13(12)19(14)11-10-18-9-8-16-15(18)20/h3-4,6-7H,2,5,8-11H2,1H3,(H,16,20). The SMILES string of the molecule is CCCc1nc2ccccc2n1CCN1CCNC1=O. The number of urea groups is 1. The number of amides is 2. The van der Waals surface area contributed by atoms with Crippen molar-refractivity contribution < 1.29 is 4.79 Å². The molecule has 0 bridgehead atoms. The molecule has 0 unspecified atom stereocenters. The maximum atomic E-state index is 11.6. The monoisotopic (exact) mass is 272 g/mol. The lowest BCUT2D eigenvalue weighted by atomic mass is 10.3. The number of fused-ring (bicyclic) bond motifs is 1. The van der Waals surface area contributed by atoms with Crippen LogP contribution in [0.1, 0.15) is 19.2 Å². The average molecular weight is 272 g/mol. The third kappa shape index (κ3) is 2.35. The first-order valence-electron chi connectivity index (χ1n) is 7.26. The molecule has 2 amide bonds. The zero-order valence-corrected chi connectivity index (χ0v) is 11.8. The lowest BCUT2D eigenvalue weighted by Gasteiger charge is -2.16. The highest BCUT2D eigenvalue weighted by Gasteiger charge is 2.19. The number of carbonyl (C=O) groups is 1. The Morgan fingerprint density at radius 3 is 2.90 bits per heavy atom. The van der Waals surface area contributed by atoms with Crippen LogP contribution in [0.2, 0.25) is 0 Å². The van der Waals surface area contributed by atoms with E-state index in [1.165, 1.54) is 0 Å². The zero-order chi connectivity index (χ0) is 13.9. The number of aryl methyl sites for hydroxylation is 1. The molecular weight excluding hydrogens is 252 g/mol. The zero-order valence-electron chi connectivity index (χ0n) is 11.8. The van der Waals surface area contributed by atoms with Crippen LogP contribution in [-0.2, 0) is 13.0 Å². The van der Waals surface area contributed by atoms with Crippen molar-refractivity contribution in [1.29, 1.82) is 0 Å². The molecule has 0 aliphatic carbocycles. The van der Waals surface area contributed by atoms with Crippen LogP contribution in [0.15, 0.2) is 24.3 Å². The number of carbonyl (C=O) groups excluding carboxylic acids is 1. The molecular formula is C15H20N4O. The van der Waals surface area contributed by atoms with Gasteiger partial charge >= 0.3 is 6.03 Å². The maximum Gasteiger partial charge on any atom is 0.317 e. The number of para-hydroxylation sites is 2. The number of imidazole rings is 1. The van der Waals surface area contributed by atoms with Crippen LogP contribution >= 0.6 is 0 Å². The molecule has 0 spiro atoms. The summed E-state index contributed by atoms with van der Waals surface area (Å²) < 4.78 is 2.25. The minimum Gasteiger partial charge on any atom is -0.336 e. The molecule has 2 aromatic rings. The summed E-state index contributed by atoms with van der Waals surface area (Å²) in [6, 6.07) is 8.26. The second kappa shape index (κ2) is 5.53. The molecule has 2 heterocycles. The van der Waals surface area contributed by atoms with Crippen LogP contribution in [0.25, 0.3) is 11.0 Å². The minimum absolute atomic E-state index is 0.0477. The van der Waals surface area contributed by atoms with Crippen LogP contribution in [-0.4, -0.2) is 40.1 Å². The fourth-order valence-electron chi connectivity index (χ4n) is 2.73. The minimum atomic E-state index is 0.0477. The molecule has 5 heteroatoms. The van der Waals surface area contributed by atoms with E-state index in [1.807, 2.05) is 23.1 Å². The topological polar surface area (TPSA) is 50.2 Å². The summed E-state index contributed by atoms with van der Waals surface area (Å²) in [5, 5.41) is 2.84. The highest BCUT2D eigenvalue weighted by Crippen LogP contribution is 2.17. The Kier molecular flexibility index (Phi) is 3.58. The third-order valence-electron chi connectivity index (χ3n) is 3.75. The number of nitrogens with zero attached hydrogens (tertiary/aromatic N) is 3. The third-order valence-corrected chi connectivity index (χ3v) is 3.75. The Balaban J connectivity index is 1.84. The number of nitrogens with one attached hydrogen (secondary N) is 1. The molecule has 1 aliphatic rings. The summed E-state index contributed by atoms with van der Waals surface area (Å²) in [4.78, 5) is 18.2. The highest BCUT2D eigenvalue weighted by atomic mass is 16.2. The van der Waals surface area contributed by atoms with Crippen molar-refractivity contribution in [2.75, 3.05) is 19.6 Å². The van der Waals surface area contributed by atoms with Gasteiger partial charge in [-0.25, -0.2) is 9.78 Å². The summed E-state index contributed by atoms with van der Waals surface area (Å²) in [6.07, 6.45) is 2.05. The van der Waals surface area contributed by atoms with Gasteiger partial charge in [0.15, 0.2) is 0 Å². The first kappa shape index (κ1) is 13.0. The largest absolute Gasteiger partial charge is 0.336 e. The molecule has 5 nitrogen and oxygen atoms in total. The predicted molar refractivity (Wildman–Crippen MR) is 78.7 cm³/mol. The van der Waals surface area contributed by atoms with Gasteiger partial charge in [0.2, 0.25) is 0 Å². The van der Waals surface area contributed by atoms with Crippen molar-refractivity contribution in [2.24, 2.45) is 0 Å². The van der Waals surface area contributed by atoms with Crippen molar-refractivity contribution in [3.8, 4) is 0 Å². The van der Waals surface area contributed by atoms with Gasteiger partial charge in [-0.3, -0.25) is 0 Å². The summed E-state index contributed by atoms with van der Waals surface area (Å²) in [6.45, 7) is 5.27. The second-order valence-electron chi connectivity index (χ2n) is 5.14. The molecule has 3 rings (SSSR count). The molecule has 20 heavy (non-hydrogen) atoms. The molecule has 1 fully saturated rings. The van der Waals surface area contributed by atoms with Gasteiger partial charge in [0, 0.05) is 32.6 Å². The normalized spacial score (nSPS) is 15.1. The Labute approximate surface area is 118 Å². The molecule has 1 aromatic heterocycles. The van der Waals surface area contributed by atoms with Gasteiger partial charge in [-0.15, -0.1) is 0 Å². The summed E-state index contributed by atoms with van der Waals surface area (Å²) in [5.74, 6) is 1.12. The van der Waals surface area contributed by atoms with Crippen molar-refractivity contribution in [2.45, 2.75) is 26.3 Å². The highest BCUT2D eigenvalue weighted by molar-refractivity contribution is 5.77. The first-order chi connectivity index (χ1) is 9.79. The van der Waals surface area contributed by atoms with Gasteiger partial charge in [0.05, 0.1) is 11.0 Å². The second-order valence-corrected chi connectivity index (χ2v) is 5.14. The van der Waals surface area contributed by atoms with Crippen molar-refractivity contribution >= 4 is 17.1 Å². The Hall–Kier alpha value is -2.04. The van der Waals surface area contributed by atoms with E-state index in [1.54, 1.807) is 0 Å². The van der Waals surface area contributed by atoms with E-state index in [9.17, 15) is 4.79 Å². The van der Waals surface area contributed by atoms with E-state index < -0.39 is 0 Å². The molecule has 1 N–H and O–H groups in total. The van der Waals surface area contributed by atoms with Gasteiger partial charge in [0.25, 0.3) is 0 Å². The van der Waals surface area contributed by atoms with Crippen LogP contribution in [0.5, 0.6) is 0 Å². The Morgan fingerprint density at radius 2 is 2.15 bits per heavy atom. The molecule has 0 atom stereocenters. The van der Waals surface area contributed by atoms with Gasteiger partial charge in [-0.2, -0.15) is 0 Å². The summed E-state index contributed by atoms with van der Waals surface area (Å²) in [5.41, 5.74) is 2.21. The van der Waals surface area contributed by atoms with Gasteiger partial charge < -0.3 is 14.8 Å². The van der Waals surface area contributed by atoms with E-state index in [0.717, 1.165) is 55.9 Å². The molecule has 106 valence electrons. The molecule has 1 aromatic carbocycles. The Bertz CT molecular complexity index is 619. The van der Waals surface area contributed by atoms with E-state index in [4.69, 9.17) is 4.98 Å². The van der Waals surface area contributed by atoms with Gasteiger partial charge in [-0.05, 0) is 18.6 Å². The van der Waals surface area contributed by atoms with Crippen molar-refractivity contribution in [3.63, 3.8) is 0 Å². The molecule has 1 aliphatic heterocycles. The lowest BCUT2D eigenvalue weighted by Crippen LogP contribution is -2.31. The number of rotatable bonds is 5. The number of aromatic nitrogens is 2. The van der Waals surface area contributed by atoms with E-state index in [2.05, 4.69) is 22.9 Å². The maximum absolute atomic E-state index is 11.6. The van der Waals surface area contributed by atoms with Crippen molar-refractivity contribution in [1.82, 2.24) is 19.8 Å². The van der Waals surface area contributed by atoms with Crippen LogP contribution in [0.4, 0.5) is 4.79 Å². The van der Waals surface area contributed by atoms with Crippen LogP contribution < -0.4 is 5.32 Å². The van der Waals surface area contributed by atoms with Crippen molar-refractivity contribution in [3.05, 3.63) is 30.1 Å². The van der Waals surface area contributed by atoms with Crippen LogP contribution in [0, 0.1) is 0 Å². The summed E-state index contributed by atoms with van der Waals surface area (Å²) in [7, 11) is 0. The van der Waals surface area contributed by atoms with E-state index in [0.29, 0.717) is 0 Å². The molecule has 0 saturated carbocycles. The van der Waals surface area contributed by atoms with E-state index in [-0.39, 0.29) is 6.03 Å². The molecule has 0 radical (unpaired) electrons. The number of hydrogen-bond donors (Lipinski definition) is 1. The fraction of sp³-hybridized carbons (Fsp3) is 0.467. The summed E-state index contributed by atoms with van der Waals surface area (Å²) >= 11 is 0. The first-order valence-corrected chi connectivity index (χ1v) is 7.26. The van der Waals surface area contributed by atoms with Gasteiger partial charge in [-0.1, -0.05) is 19.1 Å². The number of hydrogen-bond acceptors (Lipinski definition) is 2. The van der Waals surface area contributed by atoms with E-state index >= 15 is 0 Å². The smallest absolute Gasteiger partial charge is 0.317 e. The number of benzene rings is 1. The predicted octanol–water partition coefficient (Wildman–Crippen LogP) is 2.01. The average Bonchev–Trinajstić information content (AvgIpc) is 3.01. The lowest BCUT2D eigenvalue weighted by molar-refractivity contribution is 0.215. The Morgan fingerprint density at radius 1 is 1.30 bits per heavy atom.